The first kappa shape index (κ1) is 13.6. The van der Waals surface area contributed by atoms with Crippen LogP contribution in [0.5, 0.6) is 5.75 Å². The van der Waals surface area contributed by atoms with Gasteiger partial charge in [-0.05, 0) is 30.5 Å². The van der Waals surface area contributed by atoms with Crippen LogP contribution >= 0.6 is 11.6 Å². The van der Waals surface area contributed by atoms with Crippen molar-refractivity contribution in [3.8, 4) is 5.75 Å². The van der Waals surface area contributed by atoms with Gasteiger partial charge in [0.15, 0.2) is 9.84 Å². The third-order valence-electron chi connectivity index (χ3n) is 3.07. The standard InChI is InChI=1S/C12H16ClNO3S/c13-11-6-9(3-4-12(11)15)7-14-10-2-1-5-18(16,17)8-10/h3-4,6,10,14-15H,1-2,5,7-8H2. The van der Waals surface area contributed by atoms with E-state index in [0.717, 1.165) is 18.4 Å². The molecule has 1 aromatic rings. The molecule has 1 unspecified atom stereocenters. The number of hydrogen-bond acceptors (Lipinski definition) is 4. The second-order valence-electron chi connectivity index (χ2n) is 4.62. The molecule has 1 heterocycles. The zero-order valence-corrected chi connectivity index (χ0v) is 11.5. The average molecular weight is 290 g/mol. The number of sulfone groups is 1. The van der Waals surface area contributed by atoms with Crippen molar-refractivity contribution in [1.29, 1.82) is 0 Å². The van der Waals surface area contributed by atoms with E-state index in [-0.39, 0.29) is 17.5 Å². The second-order valence-corrected chi connectivity index (χ2v) is 7.26. The lowest BCUT2D eigenvalue weighted by Gasteiger charge is -2.23. The van der Waals surface area contributed by atoms with E-state index in [1.807, 2.05) is 0 Å². The fourth-order valence-electron chi connectivity index (χ4n) is 2.11. The molecule has 1 fully saturated rings. The summed E-state index contributed by atoms with van der Waals surface area (Å²) in [7, 11) is -2.88. The van der Waals surface area contributed by atoms with E-state index in [2.05, 4.69) is 5.32 Å². The lowest BCUT2D eigenvalue weighted by Crippen LogP contribution is -2.39. The zero-order valence-electron chi connectivity index (χ0n) is 9.89. The SMILES string of the molecule is O=S1(=O)CCCC(NCc2ccc(O)c(Cl)c2)C1. The number of halogens is 1. The molecule has 100 valence electrons. The highest BCUT2D eigenvalue weighted by Gasteiger charge is 2.24. The van der Waals surface area contributed by atoms with Crippen molar-refractivity contribution in [3.63, 3.8) is 0 Å². The minimum absolute atomic E-state index is 0.0105. The first-order valence-electron chi connectivity index (χ1n) is 5.87. The zero-order chi connectivity index (χ0) is 13.2. The van der Waals surface area contributed by atoms with Crippen LogP contribution in [0.4, 0.5) is 0 Å². The van der Waals surface area contributed by atoms with E-state index in [0.29, 0.717) is 17.3 Å². The Kier molecular flexibility index (Phi) is 4.14. The Hall–Kier alpha value is -0.780. The van der Waals surface area contributed by atoms with Crippen LogP contribution in [0.15, 0.2) is 18.2 Å². The van der Waals surface area contributed by atoms with Crippen LogP contribution in [-0.2, 0) is 16.4 Å². The van der Waals surface area contributed by atoms with Gasteiger partial charge in [0.05, 0.1) is 16.5 Å². The van der Waals surface area contributed by atoms with Crippen molar-refractivity contribution in [2.75, 3.05) is 11.5 Å². The van der Waals surface area contributed by atoms with Gasteiger partial charge >= 0.3 is 0 Å². The fraction of sp³-hybridized carbons (Fsp3) is 0.500. The van der Waals surface area contributed by atoms with E-state index >= 15 is 0 Å². The molecule has 1 aliphatic heterocycles. The highest BCUT2D eigenvalue weighted by molar-refractivity contribution is 7.91. The Morgan fingerprint density at radius 1 is 1.44 bits per heavy atom. The number of benzene rings is 1. The quantitative estimate of drug-likeness (QED) is 0.889. The van der Waals surface area contributed by atoms with Crippen LogP contribution in [0.2, 0.25) is 5.02 Å². The van der Waals surface area contributed by atoms with Crippen molar-refractivity contribution in [2.24, 2.45) is 0 Å². The molecule has 18 heavy (non-hydrogen) atoms. The first-order valence-corrected chi connectivity index (χ1v) is 8.07. The molecule has 0 spiro atoms. The van der Waals surface area contributed by atoms with Gasteiger partial charge in [0, 0.05) is 12.6 Å². The Morgan fingerprint density at radius 2 is 2.22 bits per heavy atom. The summed E-state index contributed by atoms with van der Waals surface area (Å²) in [5, 5.41) is 12.8. The van der Waals surface area contributed by atoms with Gasteiger partial charge in [-0.25, -0.2) is 8.42 Å². The van der Waals surface area contributed by atoms with Crippen LogP contribution in [0.1, 0.15) is 18.4 Å². The molecule has 1 atom stereocenters. The third-order valence-corrected chi connectivity index (χ3v) is 5.19. The number of phenolic OH excluding ortho intramolecular Hbond substituents is 1. The number of hydrogen-bond donors (Lipinski definition) is 2. The molecule has 1 saturated heterocycles. The largest absolute Gasteiger partial charge is 0.506 e. The van der Waals surface area contributed by atoms with Crippen LogP contribution < -0.4 is 5.32 Å². The van der Waals surface area contributed by atoms with Gasteiger partial charge in [-0.15, -0.1) is 0 Å². The highest BCUT2D eigenvalue weighted by atomic mass is 35.5. The minimum atomic E-state index is -2.88. The molecular weight excluding hydrogens is 274 g/mol. The summed E-state index contributed by atoms with van der Waals surface area (Å²) in [6, 6.07) is 5.00. The Balaban J connectivity index is 1.93. The first-order chi connectivity index (χ1) is 8.46. The van der Waals surface area contributed by atoms with E-state index in [1.165, 1.54) is 6.07 Å². The minimum Gasteiger partial charge on any atom is -0.506 e. The molecule has 2 rings (SSSR count). The molecule has 2 N–H and O–H groups in total. The molecule has 0 bridgehead atoms. The molecule has 0 radical (unpaired) electrons. The number of phenols is 1. The monoisotopic (exact) mass is 289 g/mol. The lowest BCUT2D eigenvalue weighted by atomic mass is 10.1. The molecule has 0 amide bonds. The highest BCUT2D eigenvalue weighted by Crippen LogP contribution is 2.23. The van der Waals surface area contributed by atoms with E-state index in [1.54, 1.807) is 12.1 Å². The fourth-order valence-corrected chi connectivity index (χ4v) is 3.98. The Labute approximate surface area is 112 Å². The molecule has 6 heteroatoms. The van der Waals surface area contributed by atoms with Gasteiger partial charge in [-0.2, -0.15) is 0 Å². The van der Waals surface area contributed by atoms with Gasteiger partial charge in [0.1, 0.15) is 5.75 Å². The maximum absolute atomic E-state index is 11.5. The molecular formula is C12H16ClNO3S. The van der Waals surface area contributed by atoms with Crippen LogP contribution in [0.25, 0.3) is 0 Å². The predicted molar refractivity (Wildman–Crippen MR) is 71.6 cm³/mol. The van der Waals surface area contributed by atoms with Crippen molar-refractivity contribution in [2.45, 2.75) is 25.4 Å². The van der Waals surface area contributed by atoms with Crippen molar-refractivity contribution >= 4 is 21.4 Å². The second kappa shape index (κ2) is 5.47. The Morgan fingerprint density at radius 3 is 2.89 bits per heavy atom. The summed E-state index contributed by atoms with van der Waals surface area (Å²) < 4.78 is 23.0. The molecule has 0 aromatic heterocycles. The molecule has 0 saturated carbocycles. The van der Waals surface area contributed by atoms with E-state index < -0.39 is 9.84 Å². The van der Waals surface area contributed by atoms with Gasteiger partial charge in [0.25, 0.3) is 0 Å². The van der Waals surface area contributed by atoms with E-state index in [9.17, 15) is 13.5 Å². The topological polar surface area (TPSA) is 66.4 Å². The molecule has 1 aromatic carbocycles. The third kappa shape index (κ3) is 3.60. The summed E-state index contributed by atoms with van der Waals surface area (Å²) in [6.07, 6.45) is 1.60. The predicted octanol–water partition coefficient (Wildman–Crippen LogP) is 1.71. The summed E-state index contributed by atoms with van der Waals surface area (Å²) in [5.41, 5.74) is 0.931. The maximum Gasteiger partial charge on any atom is 0.151 e. The average Bonchev–Trinajstić information content (AvgIpc) is 2.29. The van der Waals surface area contributed by atoms with Gasteiger partial charge < -0.3 is 10.4 Å². The van der Waals surface area contributed by atoms with Crippen LogP contribution in [-0.4, -0.2) is 31.1 Å². The number of rotatable bonds is 3. The summed E-state index contributed by atoms with van der Waals surface area (Å²) in [4.78, 5) is 0. The normalized spacial score (nSPS) is 22.8. The van der Waals surface area contributed by atoms with Crippen molar-refractivity contribution in [1.82, 2.24) is 5.32 Å². The number of nitrogens with one attached hydrogen (secondary N) is 1. The summed E-state index contributed by atoms with van der Waals surface area (Å²) >= 11 is 5.81. The molecule has 4 nitrogen and oxygen atoms in total. The lowest BCUT2D eigenvalue weighted by molar-refractivity contribution is 0.472. The summed E-state index contributed by atoms with van der Waals surface area (Å²) in [6.45, 7) is 0.556. The van der Waals surface area contributed by atoms with E-state index in [4.69, 9.17) is 11.6 Å². The van der Waals surface area contributed by atoms with Gasteiger partial charge in [0.2, 0.25) is 0 Å². The maximum atomic E-state index is 11.5. The van der Waals surface area contributed by atoms with Gasteiger partial charge in [-0.3, -0.25) is 0 Å². The number of aromatic hydroxyl groups is 1. The van der Waals surface area contributed by atoms with Crippen molar-refractivity contribution < 1.29 is 13.5 Å². The summed E-state index contributed by atoms with van der Waals surface area (Å²) in [5.74, 6) is 0.565. The van der Waals surface area contributed by atoms with Crippen LogP contribution in [0.3, 0.4) is 0 Å². The van der Waals surface area contributed by atoms with Gasteiger partial charge in [-0.1, -0.05) is 17.7 Å². The Bertz CT molecular complexity index is 530. The molecule has 1 aliphatic rings. The van der Waals surface area contributed by atoms with Crippen molar-refractivity contribution in [3.05, 3.63) is 28.8 Å². The molecule has 0 aliphatic carbocycles. The van der Waals surface area contributed by atoms with Crippen LogP contribution in [0, 0.1) is 0 Å². The smallest absolute Gasteiger partial charge is 0.151 e.